The molecule has 0 spiro atoms. The van der Waals surface area contributed by atoms with E-state index in [1.165, 1.54) is 18.3 Å². The summed E-state index contributed by atoms with van der Waals surface area (Å²) in [4.78, 5) is 24.4. The van der Waals surface area contributed by atoms with Crippen LogP contribution in [0.5, 0.6) is 0 Å². The molecule has 1 heterocycles. The van der Waals surface area contributed by atoms with Crippen molar-refractivity contribution in [3.63, 3.8) is 0 Å². The lowest BCUT2D eigenvalue weighted by molar-refractivity contribution is 0.0684. The summed E-state index contributed by atoms with van der Waals surface area (Å²) in [6.07, 6.45) is 1.52. The van der Waals surface area contributed by atoms with Crippen LogP contribution in [-0.2, 0) is 0 Å². The molecule has 0 bridgehead atoms. The number of hydrogen-bond acceptors (Lipinski definition) is 2. The predicted molar refractivity (Wildman–Crippen MR) is 52.2 cm³/mol. The van der Waals surface area contributed by atoms with Crippen molar-refractivity contribution in [3.05, 3.63) is 35.5 Å². The number of carbonyl (C=O) groups is 2. The number of rotatable bonds is 2. The summed E-state index contributed by atoms with van der Waals surface area (Å²) >= 11 is 0. The molecule has 0 aliphatic carbocycles. The van der Waals surface area contributed by atoms with Crippen molar-refractivity contribution in [2.24, 2.45) is 0 Å². The molecule has 0 aliphatic rings. The van der Waals surface area contributed by atoms with Gasteiger partial charge in [0.05, 0.1) is 16.6 Å². The van der Waals surface area contributed by atoms with Crippen LogP contribution in [0.1, 0.15) is 20.7 Å². The summed E-state index contributed by atoms with van der Waals surface area (Å²) < 4.78 is 0. The highest BCUT2D eigenvalue weighted by Gasteiger charge is 2.15. The van der Waals surface area contributed by atoms with Gasteiger partial charge in [0.15, 0.2) is 0 Å². The second-order valence-corrected chi connectivity index (χ2v) is 3.04. The number of fused-ring (bicyclic) bond motifs is 1. The van der Waals surface area contributed by atoms with E-state index in [1.54, 1.807) is 6.07 Å². The number of carboxylic acids is 2. The van der Waals surface area contributed by atoms with Gasteiger partial charge in [-0.15, -0.1) is 0 Å². The van der Waals surface area contributed by atoms with E-state index in [1.807, 2.05) is 0 Å². The highest BCUT2D eigenvalue weighted by Crippen LogP contribution is 2.21. The first kappa shape index (κ1) is 9.26. The molecule has 1 aromatic carbocycles. The lowest BCUT2D eigenvalue weighted by atomic mass is 10.1. The van der Waals surface area contributed by atoms with E-state index in [9.17, 15) is 9.59 Å². The van der Waals surface area contributed by atoms with Gasteiger partial charge in [0.25, 0.3) is 0 Å². The molecule has 0 fully saturated rings. The molecule has 2 rings (SSSR count). The Balaban J connectivity index is 2.82. The molecule has 15 heavy (non-hydrogen) atoms. The molecule has 5 nitrogen and oxygen atoms in total. The third-order valence-electron chi connectivity index (χ3n) is 2.18. The van der Waals surface area contributed by atoms with Gasteiger partial charge in [-0.25, -0.2) is 9.59 Å². The number of H-pyrrole nitrogens is 1. The Morgan fingerprint density at radius 2 is 1.60 bits per heavy atom. The van der Waals surface area contributed by atoms with E-state index >= 15 is 0 Å². The van der Waals surface area contributed by atoms with Crippen LogP contribution in [0, 0.1) is 0 Å². The average Bonchev–Trinajstić information content (AvgIpc) is 2.63. The third-order valence-corrected chi connectivity index (χ3v) is 2.18. The van der Waals surface area contributed by atoms with E-state index in [0.29, 0.717) is 10.9 Å². The minimum absolute atomic E-state index is 0.0694. The zero-order chi connectivity index (χ0) is 11.0. The smallest absolute Gasteiger partial charge is 0.337 e. The molecule has 76 valence electrons. The van der Waals surface area contributed by atoms with Crippen LogP contribution >= 0.6 is 0 Å². The topological polar surface area (TPSA) is 90.4 Å². The minimum Gasteiger partial charge on any atom is -0.478 e. The lowest BCUT2D eigenvalue weighted by Gasteiger charge is -2.00. The molecule has 0 radical (unpaired) electrons. The van der Waals surface area contributed by atoms with Crippen molar-refractivity contribution in [1.82, 2.24) is 4.98 Å². The number of aromatic nitrogens is 1. The SMILES string of the molecule is O=C(O)c1ccc(C(=O)O)c2[nH]ccc12. The quantitative estimate of drug-likeness (QED) is 0.693. The summed E-state index contributed by atoms with van der Waals surface area (Å²) in [5.74, 6) is -2.16. The molecular formula is C10H7NO4. The maximum atomic E-state index is 10.8. The van der Waals surface area contributed by atoms with E-state index in [-0.39, 0.29) is 11.1 Å². The number of nitrogens with one attached hydrogen (secondary N) is 1. The Morgan fingerprint density at radius 1 is 1.00 bits per heavy atom. The van der Waals surface area contributed by atoms with Crippen LogP contribution in [0.2, 0.25) is 0 Å². The van der Waals surface area contributed by atoms with E-state index in [4.69, 9.17) is 10.2 Å². The Kier molecular flexibility index (Phi) is 1.93. The number of carboxylic acid groups (broad SMARTS) is 2. The van der Waals surface area contributed by atoms with Crippen LogP contribution in [0.3, 0.4) is 0 Å². The maximum absolute atomic E-state index is 10.8. The number of benzene rings is 1. The van der Waals surface area contributed by atoms with E-state index in [2.05, 4.69) is 4.98 Å². The molecule has 3 N–H and O–H groups in total. The van der Waals surface area contributed by atoms with Crippen molar-refractivity contribution in [3.8, 4) is 0 Å². The maximum Gasteiger partial charge on any atom is 0.337 e. The van der Waals surface area contributed by atoms with Crippen LogP contribution < -0.4 is 0 Å². The largest absolute Gasteiger partial charge is 0.478 e. The molecule has 0 saturated heterocycles. The Bertz CT molecular complexity index is 508. The average molecular weight is 205 g/mol. The van der Waals surface area contributed by atoms with Crippen LogP contribution in [0.25, 0.3) is 10.9 Å². The lowest BCUT2D eigenvalue weighted by Crippen LogP contribution is -2.02. The van der Waals surface area contributed by atoms with Gasteiger partial charge in [0, 0.05) is 11.6 Å². The third kappa shape index (κ3) is 1.34. The highest BCUT2D eigenvalue weighted by molar-refractivity contribution is 6.09. The number of hydrogen-bond donors (Lipinski definition) is 3. The monoisotopic (exact) mass is 205 g/mol. The van der Waals surface area contributed by atoms with Gasteiger partial charge >= 0.3 is 11.9 Å². The van der Waals surface area contributed by atoms with Gasteiger partial charge in [-0.2, -0.15) is 0 Å². The van der Waals surface area contributed by atoms with Crippen molar-refractivity contribution in [2.45, 2.75) is 0 Å². The summed E-state index contributed by atoms with van der Waals surface area (Å²) in [7, 11) is 0. The second-order valence-electron chi connectivity index (χ2n) is 3.04. The fourth-order valence-corrected chi connectivity index (χ4v) is 1.52. The zero-order valence-electron chi connectivity index (χ0n) is 7.52. The molecule has 5 heteroatoms. The van der Waals surface area contributed by atoms with Crippen molar-refractivity contribution in [2.75, 3.05) is 0 Å². The second kappa shape index (κ2) is 3.13. The number of aromatic carboxylic acids is 2. The summed E-state index contributed by atoms with van der Waals surface area (Å²) in [6.45, 7) is 0. The van der Waals surface area contributed by atoms with Gasteiger partial charge in [0.2, 0.25) is 0 Å². The molecular weight excluding hydrogens is 198 g/mol. The molecule has 0 atom stereocenters. The summed E-state index contributed by atoms with van der Waals surface area (Å²) in [6, 6.07) is 4.12. The first-order valence-corrected chi connectivity index (χ1v) is 4.18. The fraction of sp³-hybridized carbons (Fsp3) is 0. The molecule has 0 saturated carbocycles. The standard InChI is InChI=1S/C10H7NO4/c12-9(13)6-1-2-7(10(14)15)8-5(6)3-4-11-8/h1-4,11H,(H,12,13)(H,14,15). The predicted octanol–water partition coefficient (Wildman–Crippen LogP) is 1.56. The van der Waals surface area contributed by atoms with Crippen LogP contribution in [0.4, 0.5) is 0 Å². The van der Waals surface area contributed by atoms with Crippen LogP contribution in [-0.4, -0.2) is 27.1 Å². The van der Waals surface area contributed by atoms with Crippen molar-refractivity contribution in [1.29, 1.82) is 0 Å². The Hall–Kier alpha value is -2.30. The van der Waals surface area contributed by atoms with Gasteiger partial charge in [-0.1, -0.05) is 0 Å². The van der Waals surface area contributed by atoms with E-state index in [0.717, 1.165) is 0 Å². The van der Waals surface area contributed by atoms with Gasteiger partial charge < -0.3 is 15.2 Å². The van der Waals surface area contributed by atoms with Gasteiger partial charge in [-0.05, 0) is 18.2 Å². The summed E-state index contributed by atoms with van der Waals surface area (Å²) in [5, 5.41) is 18.1. The number of aromatic amines is 1. The molecule has 0 amide bonds. The Labute approximate surface area is 84.0 Å². The molecule has 1 aromatic heterocycles. The molecule has 0 aliphatic heterocycles. The summed E-state index contributed by atoms with van der Waals surface area (Å²) in [5.41, 5.74) is 0.499. The minimum atomic E-state index is -1.08. The van der Waals surface area contributed by atoms with Crippen molar-refractivity contribution < 1.29 is 19.8 Å². The first-order valence-electron chi connectivity index (χ1n) is 4.18. The van der Waals surface area contributed by atoms with Gasteiger partial charge in [-0.3, -0.25) is 0 Å². The van der Waals surface area contributed by atoms with E-state index < -0.39 is 11.9 Å². The molecule has 2 aromatic rings. The van der Waals surface area contributed by atoms with Crippen LogP contribution in [0.15, 0.2) is 24.4 Å². The highest BCUT2D eigenvalue weighted by atomic mass is 16.4. The normalized spacial score (nSPS) is 10.4. The molecule has 0 unspecified atom stereocenters. The Morgan fingerprint density at radius 3 is 2.20 bits per heavy atom. The van der Waals surface area contributed by atoms with Gasteiger partial charge in [0.1, 0.15) is 0 Å². The van der Waals surface area contributed by atoms with Crippen molar-refractivity contribution >= 4 is 22.8 Å². The zero-order valence-corrected chi connectivity index (χ0v) is 7.52. The fourth-order valence-electron chi connectivity index (χ4n) is 1.52. The first-order chi connectivity index (χ1) is 7.11.